The van der Waals surface area contributed by atoms with Gasteiger partial charge >= 0.3 is 0 Å². The Morgan fingerprint density at radius 1 is 1.33 bits per heavy atom. The zero-order chi connectivity index (χ0) is 11.2. The lowest BCUT2D eigenvalue weighted by atomic mass is 9.92. The third-order valence-corrected chi connectivity index (χ3v) is 3.52. The number of carbonyl (C=O) groups is 1. The van der Waals surface area contributed by atoms with Gasteiger partial charge in [0.15, 0.2) is 0 Å². The molecule has 0 aliphatic carbocycles. The number of rotatable bonds is 1. The molecule has 0 fully saturated rings. The zero-order valence-electron chi connectivity index (χ0n) is 9.79. The fourth-order valence-electron chi connectivity index (χ4n) is 2.12. The molecule has 2 nitrogen and oxygen atoms in total. The van der Waals surface area contributed by atoms with Crippen LogP contribution in [0.15, 0.2) is 18.2 Å². The second-order valence-electron chi connectivity index (χ2n) is 4.66. The lowest BCUT2D eigenvalue weighted by Crippen LogP contribution is -2.35. The molecule has 0 saturated heterocycles. The van der Waals surface area contributed by atoms with Crippen molar-refractivity contribution >= 4 is 5.91 Å². The Morgan fingerprint density at radius 2 is 2.00 bits per heavy atom. The number of hydrogen-bond donors (Lipinski definition) is 0. The summed E-state index contributed by atoms with van der Waals surface area (Å²) in [5.74, 6) is 0.137. The van der Waals surface area contributed by atoms with Crippen LogP contribution in [-0.2, 0) is 12.0 Å². The minimum atomic E-state index is -0.169. The molecule has 0 atom stereocenters. The van der Waals surface area contributed by atoms with Crippen molar-refractivity contribution in [3.05, 3.63) is 34.9 Å². The van der Waals surface area contributed by atoms with Gasteiger partial charge in [0.05, 0.1) is 5.54 Å². The van der Waals surface area contributed by atoms with E-state index in [0.29, 0.717) is 0 Å². The fourth-order valence-corrected chi connectivity index (χ4v) is 2.12. The van der Waals surface area contributed by atoms with Crippen molar-refractivity contribution in [2.45, 2.75) is 32.7 Å². The quantitative estimate of drug-likeness (QED) is 0.687. The second-order valence-corrected chi connectivity index (χ2v) is 4.66. The van der Waals surface area contributed by atoms with Crippen LogP contribution >= 0.6 is 0 Å². The van der Waals surface area contributed by atoms with Gasteiger partial charge in [0, 0.05) is 12.6 Å². The van der Waals surface area contributed by atoms with Crippen molar-refractivity contribution in [2.24, 2.45) is 0 Å². The summed E-state index contributed by atoms with van der Waals surface area (Å²) in [7, 11) is 1.87. The maximum Gasteiger partial charge on any atom is 0.254 e. The smallest absolute Gasteiger partial charge is 0.254 e. The fraction of sp³-hybridized carbons (Fsp3) is 0.462. The third kappa shape index (κ3) is 1.28. The first-order chi connectivity index (χ1) is 6.98. The molecule has 0 spiro atoms. The van der Waals surface area contributed by atoms with E-state index in [9.17, 15) is 4.79 Å². The molecule has 1 aliphatic rings. The molecule has 15 heavy (non-hydrogen) atoms. The topological polar surface area (TPSA) is 20.3 Å². The van der Waals surface area contributed by atoms with Gasteiger partial charge in [-0.15, -0.1) is 0 Å². The first-order valence-electron chi connectivity index (χ1n) is 5.40. The molecule has 1 aromatic carbocycles. The minimum absolute atomic E-state index is 0.137. The Labute approximate surface area is 90.9 Å². The van der Waals surface area contributed by atoms with Crippen molar-refractivity contribution in [3.63, 3.8) is 0 Å². The number of nitrogens with zero attached hydrogens (tertiary/aromatic N) is 1. The molecule has 80 valence electrons. The normalized spacial score (nSPS) is 18.1. The lowest BCUT2D eigenvalue weighted by Gasteiger charge is -2.28. The van der Waals surface area contributed by atoms with Crippen molar-refractivity contribution < 1.29 is 4.79 Å². The van der Waals surface area contributed by atoms with E-state index in [1.165, 1.54) is 5.56 Å². The van der Waals surface area contributed by atoms with Crippen LogP contribution < -0.4 is 0 Å². The Bertz CT molecular complexity index is 421. The van der Waals surface area contributed by atoms with E-state index >= 15 is 0 Å². The number of fused-ring (bicyclic) bond motifs is 1. The maximum atomic E-state index is 11.9. The highest BCUT2D eigenvalue weighted by molar-refractivity contribution is 5.99. The Balaban J connectivity index is 2.62. The number of amides is 1. The van der Waals surface area contributed by atoms with Gasteiger partial charge in [-0.3, -0.25) is 4.79 Å². The van der Waals surface area contributed by atoms with Crippen LogP contribution in [0.2, 0.25) is 0 Å². The summed E-state index contributed by atoms with van der Waals surface area (Å²) in [6.45, 7) is 6.32. The molecule has 0 bridgehead atoms. The molecule has 0 N–H and O–H groups in total. The molecule has 1 aliphatic heterocycles. The van der Waals surface area contributed by atoms with Crippen LogP contribution in [0.1, 0.15) is 42.3 Å². The van der Waals surface area contributed by atoms with Gasteiger partial charge in [0.2, 0.25) is 0 Å². The Hall–Kier alpha value is -1.31. The largest absolute Gasteiger partial charge is 0.332 e. The van der Waals surface area contributed by atoms with E-state index in [1.807, 2.05) is 24.1 Å². The molecule has 0 radical (unpaired) electrons. The van der Waals surface area contributed by atoms with E-state index < -0.39 is 0 Å². The van der Waals surface area contributed by atoms with Gasteiger partial charge in [0.25, 0.3) is 5.91 Å². The highest BCUT2D eigenvalue weighted by Crippen LogP contribution is 2.37. The van der Waals surface area contributed by atoms with Crippen LogP contribution in [0.4, 0.5) is 0 Å². The van der Waals surface area contributed by atoms with E-state index in [0.717, 1.165) is 17.5 Å². The summed E-state index contributed by atoms with van der Waals surface area (Å²) in [5.41, 5.74) is 3.15. The standard InChI is InChI=1S/C13H17NO/c1-5-9-6-7-10-11(8-9)13(2,3)14(4)12(10)15/h6-8H,5H2,1-4H3. The van der Waals surface area contributed by atoms with Crippen LogP contribution in [0.25, 0.3) is 0 Å². The maximum absolute atomic E-state index is 11.9. The van der Waals surface area contributed by atoms with Gasteiger partial charge in [-0.2, -0.15) is 0 Å². The summed E-state index contributed by atoms with van der Waals surface area (Å²) in [5, 5.41) is 0. The molecular weight excluding hydrogens is 186 g/mol. The summed E-state index contributed by atoms with van der Waals surface area (Å²) in [4.78, 5) is 13.8. The van der Waals surface area contributed by atoms with Crippen LogP contribution in [0.3, 0.4) is 0 Å². The number of carbonyl (C=O) groups excluding carboxylic acids is 1. The SMILES string of the molecule is CCc1ccc2c(c1)C(C)(C)N(C)C2=O. The Morgan fingerprint density at radius 3 is 2.60 bits per heavy atom. The third-order valence-electron chi connectivity index (χ3n) is 3.52. The van der Waals surface area contributed by atoms with Crippen molar-refractivity contribution in [1.29, 1.82) is 0 Å². The van der Waals surface area contributed by atoms with E-state index in [1.54, 1.807) is 0 Å². The molecule has 0 unspecified atom stereocenters. The van der Waals surface area contributed by atoms with E-state index in [-0.39, 0.29) is 11.4 Å². The molecule has 0 aromatic heterocycles. The molecule has 1 heterocycles. The highest BCUT2D eigenvalue weighted by Gasteiger charge is 2.40. The number of hydrogen-bond acceptors (Lipinski definition) is 1. The summed E-state index contributed by atoms with van der Waals surface area (Å²) in [6, 6.07) is 6.17. The second kappa shape index (κ2) is 3.09. The van der Waals surface area contributed by atoms with Crippen LogP contribution in [-0.4, -0.2) is 17.9 Å². The predicted molar refractivity (Wildman–Crippen MR) is 60.9 cm³/mol. The van der Waals surface area contributed by atoms with E-state index in [2.05, 4.69) is 26.8 Å². The monoisotopic (exact) mass is 203 g/mol. The summed E-state index contributed by atoms with van der Waals surface area (Å²) >= 11 is 0. The van der Waals surface area contributed by atoms with Crippen molar-refractivity contribution in [1.82, 2.24) is 4.90 Å². The van der Waals surface area contributed by atoms with Crippen LogP contribution in [0, 0.1) is 0 Å². The molecule has 2 heteroatoms. The lowest BCUT2D eigenvalue weighted by molar-refractivity contribution is 0.0691. The van der Waals surface area contributed by atoms with E-state index in [4.69, 9.17) is 0 Å². The summed E-state index contributed by atoms with van der Waals surface area (Å²) in [6.07, 6.45) is 1.02. The Kier molecular flexibility index (Phi) is 2.10. The first-order valence-corrected chi connectivity index (χ1v) is 5.40. The number of benzene rings is 1. The zero-order valence-corrected chi connectivity index (χ0v) is 9.79. The molecular formula is C13H17NO. The van der Waals surface area contributed by atoms with Gasteiger partial charge in [-0.05, 0) is 37.5 Å². The molecule has 1 aromatic rings. The molecule has 1 amide bonds. The average molecular weight is 203 g/mol. The highest BCUT2D eigenvalue weighted by atomic mass is 16.2. The minimum Gasteiger partial charge on any atom is -0.332 e. The van der Waals surface area contributed by atoms with Crippen LogP contribution in [0.5, 0.6) is 0 Å². The first kappa shape index (κ1) is 10.2. The van der Waals surface area contributed by atoms with Crippen molar-refractivity contribution in [2.75, 3.05) is 7.05 Å². The average Bonchev–Trinajstić information content (AvgIpc) is 2.40. The summed E-state index contributed by atoms with van der Waals surface area (Å²) < 4.78 is 0. The van der Waals surface area contributed by atoms with Gasteiger partial charge < -0.3 is 4.90 Å². The van der Waals surface area contributed by atoms with Gasteiger partial charge in [-0.25, -0.2) is 0 Å². The van der Waals surface area contributed by atoms with Gasteiger partial charge in [-0.1, -0.05) is 19.1 Å². The van der Waals surface area contributed by atoms with Gasteiger partial charge in [0.1, 0.15) is 0 Å². The molecule has 0 saturated carbocycles. The number of aryl methyl sites for hydroxylation is 1. The molecule has 2 rings (SSSR count). The van der Waals surface area contributed by atoms with Crippen molar-refractivity contribution in [3.8, 4) is 0 Å². The predicted octanol–water partition coefficient (Wildman–Crippen LogP) is 2.57.